The standard InChI is InChI=1S/C23H19N7O4S/c1-2-29-21(15-9-11-24-12-10-15)26-28-23(29)35-20-8-7-17(30(33)34)13-16(20)14-25-27-22(32)18-5-3-4-6-19(18)31/h3-14,31H,2H2,1H3,(H,27,32)/b25-14-. The summed E-state index contributed by atoms with van der Waals surface area (Å²) in [6, 6.07) is 14.0. The highest BCUT2D eigenvalue weighted by molar-refractivity contribution is 7.99. The first-order valence-electron chi connectivity index (χ1n) is 10.4. The average molecular weight is 490 g/mol. The van der Waals surface area contributed by atoms with E-state index in [2.05, 4.69) is 25.7 Å². The summed E-state index contributed by atoms with van der Waals surface area (Å²) in [4.78, 5) is 27.8. The van der Waals surface area contributed by atoms with Crippen LogP contribution in [0.4, 0.5) is 5.69 Å². The lowest BCUT2D eigenvalue weighted by molar-refractivity contribution is -0.384. The van der Waals surface area contributed by atoms with Crippen molar-refractivity contribution in [1.29, 1.82) is 0 Å². The highest BCUT2D eigenvalue weighted by Crippen LogP contribution is 2.33. The third kappa shape index (κ3) is 5.33. The van der Waals surface area contributed by atoms with Crippen molar-refractivity contribution in [3.63, 3.8) is 0 Å². The molecule has 12 heteroatoms. The number of hydrogen-bond acceptors (Lipinski definition) is 9. The molecule has 1 amide bonds. The van der Waals surface area contributed by atoms with E-state index >= 15 is 0 Å². The van der Waals surface area contributed by atoms with Crippen molar-refractivity contribution in [2.75, 3.05) is 0 Å². The van der Waals surface area contributed by atoms with E-state index in [0.717, 1.165) is 5.56 Å². The molecule has 2 aromatic heterocycles. The number of benzene rings is 2. The number of rotatable bonds is 8. The van der Waals surface area contributed by atoms with Gasteiger partial charge in [0.15, 0.2) is 11.0 Å². The SMILES string of the molecule is CCn1c(Sc2ccc([N+](=O)[O-])cc2/C=N\NC(=O)c2ccccc2O)nnc1-c1ccncc1. The van der Waals surface area contributed by atoms with Crippen LogP contribution in [0.5, 0.6) is 5.75 Å². The number of nitro benzene ring substituents is 1. The van der Waals surface area contributed by atoms with Crippen molar-refractivity contribution >= 4 is 29.6 Å². The van der Waals surface area contributed by atoms with E-state index in [1.807, 2.05) is 23.6 Å². The van der Waals surface area contributed by atoms with Crippen LogP contribution in [0.1, 0.15) is 22.8 Å². The normalized spacial score (nSPS) is 11.0. The van der Waals surface area contributed by atoms with Crippen molar-refractivity contribution in [3.8, 4) is 17.1 Å². The Morgan fingerprint density at radius 2 is 1.97 bits per heavy atom. The van der Waals surface area contributed by atoms with E-state index in [0.29, 0.717) is 28.0 Å². The van der Waals surface area contributed by atoms with Crippen molar-refractivity contribution < 1.29 is 14.8 Å². The molecule has 0 radical (unpaired) electrons. The van der Waals surface area contributed by atoms with Crippen molar-refractivity contribution in [3.05, 3.63) is 88.2 Å². The van der Waals surface area contributed by atoms with Gasteiger partial charge in [-0.3, -0.25) is 19.9 Å². The van der Waals surface area contributed by atoms with Crippen LogP contribution in [0.2, 0.25) is 0 Å². The van der Waals surface area contributed by atoms with Crippen LogP contribution >= 0.6 is 11.8 Å². The number of non-ortho nitro benzene ring substituents is 1. The third-order valence-electron chi connectivity index (χ3n) is 4.90. The first-order valence-corrected chi connectivity index (χ1v) is 11.2. The van der Waals surface area contributed by atoms with Gasteiger partial charge in [0.25, 0.3) is 11.6 Å². The molecule has 35 heavy (non-hydrogen) atoms. The zero-order chi connectivity index (χ0) is 24.8. The Morgan fingerprint density at radius 1 is 1.20 bits per heavy atom. The minimum atomic E-state index is -0.619. The van der Waals surface area contributed by atoms with Crippen LogP contribution < -0.4 is 5.43 Å². The predicted octanol–water partition coefficient (Wildman–Crippen LogP) is 3.89. The van der Waals surface area contributed by atoms with Crippen molar-refractivity contribution in [2.45, 2.75) is 23.5 Å². The van der Waals surface area contributed by atoms with Crippen LogP contribution in [-0.2, 0) is 6.54 Å². The molecule has 2 aromatic carbocycles. The summed E-state index contributed by atoms with van der Waals surface area (Å²) in [5.41, 5.74) is 3.52. The first kappa shape index (κ1) is 23.6. The number of pyridine rings is 1. The van der Waals surface area contributed by atoms with Gasteiger partial charge < -0.3 is 9.67 Å². The van der Waals surface area contributed by atoms with E-state index in [1.54, 1.807) is 30.6 Å². The van der Waals surface area contributed by atoms with E-state index in [4.69, 9.17) is 0 Å². The van der Waals surface area contributed by atoms with Crippen molar-refractivity contribution in [2.24, 2.45) is 5.10 Å². The molecule has 0 aliphatic rings. The van der Waals surface area contributed by atoms with Crippen LogP contribution in [0.25, 0.3) is 11.4 Å². The number of phenolic OH excluding ortho intramolecular Hbond substituents is 1. The molecule has 0 fully saturated rings. The molecule has 2 N–H and O–H groups in total. The Labute approximate surface area is 203 Å². The molecule has 0 unspecified atom stereocenters. The fraction of sp³-hybridized carbons (Fsp3) is 0.0870. The summed E-state index contributed by atoms with van der Waals surface area (Å²) in [6.45, 7) is 2.56. The number of carbonyl (C=O) groups excluding carboxylic acids is 1. The molecule has 11 nitrogen and oxygen atoms in total. The summed E-state index contributed by atoms with van der Waals surface area (Å²) in [6.07, 6.45) is 4.65. The quantitative estimate of drug-likeness (QED) is 0.215. The van der Waals surface area contributed by atoms with Crippen molar-refractivity contribution in [1.82, 2.24) is 25.2 Å². The van der Waals surface area contributed by atoms with Crippen LogP contribution in [0, 0.1) is 10.1 Å². The maximum absolute atomic E-state index is 12.3. The number of aromatic nitrogens is 4. The second kappa shape index (κ2) is 10.6. The second-order valence-corrected chi connectivity index (χ2v) is 8.09. The highest BCUT2D eigenvalue weighted by Gasteiger charge is 2.17. The lowest BCUT2D eigenvalue weighted by Gasteiger charge is -2.09. The molecule has 0 aliphatic carbocycles. The summed E-state index contributed by atoms with van der Waals surface area (Å²) in [7, 11) is 0. The number of nitrogens with zero attached hydrogens (tertiary/aromatic N) is 6. The fourth-order valence-electron chi connectivity index (χ4n) is 3.19. The average Bonchev–Trinajstić information content (AvgIpc) is 3.28. The largest absolute Gasteiger partial charge is 0.507 e. The summed E-state index contributed by atoms with van der Waals surface area (Å²) in [5.74, 6) is -0.133. The molecule has 0 spiro atoms. The molecule has 0 aliphatic heterocycles. The molecule has 4 rings (SSSR count). The Hall–Kier alpha value is -4.58. The summed E-state index contributed by atoms with van der Waals surface area (Å²) >= 11 is 1.27. The van der Waals surface area contributed by atoms with Gasteiger partial charge in [-0.1, -0.05) is 12.1 Å². The van der Waals surface area contributed by atoms with E-state index in [-0.39, 0.29) is 17.0 Å². The van der Waals surface area contributed by atoms with Gasteiger partial charge in [0.05, 0.1) is 16.7 Å². The lowest BCUT2D eigenvalue weighted by atomic mass is 10.2. The summed E-state index contributed by atoms with van der Waals surface area (Å²) in [5, 5.41) is 34.3. The molecule has 4 aromatic rings. The lowest BCUT2D eigenvalue weighted by Crippen LogP contribution is -2.17. The Bertz CT molecular complexity index is 1410. The number of para-hydroxylation sites is 1. The van der Waals surface area contributed by atoms with Crippen LogP contribution in [0.15, 0.2) is 82.1 Å². The number of amides is 1. The number of aromatic hydroxyl groups is 1. The van der Waals surface area contributed by atoms with Gasteiger partial charge in [0, 0.05) is 47.1 Å². The molecule has 176 valence electrons. The molecule has 0 atom stereocenters. The number of hydrazone groups is 1. The van der Waals surface area contributed by atoms with E-state index in [1.165, 1.54) is 42.2 Å². The van der Waals surface area contributed by atoms with Gasteiger partial charge in [0.1, 0.15) is 5.75 Å². The molecule has 0 saturated carbocycles. The Kier molecular flexibility index (Phi) is 7.12. The smallest absolute Gasteiger partial charge is 0.275 e. The third-order valence-corrected chi connectivity index (χ3v) is 5.97. The van der Waals surface area contributed by atoms with E-state index in [9.17, 15) is 20.0 Å². The number of carbonyl (C=O) groups is 1. The van der Waals surface area contributed by atoms with Crippen LogP contribution in [-0.4, -0.2) is 41.9 Å². The fourth-order valence-corrected chi connectivity index (χ4v) is 4.16. The molecule has 0 saturated heterocycles. The zero-order valence-corrected chi connectivity index (χ0v) is 19.2. The molecule has 2 heterocycles. The highest BCUT2D eigenvalue weighted by atomic mass is 32.2. The molecular weight excluding hydrogens is 470 g/mol. The zero-order valence-electron chi connectivity index (χ0n) is 18.4. The van der Waals surface area contributed by atoms with Gasteiger partial charge in [-0.05, 0) is 49.0 Å². The minimum Gasteiger partial charge on any atom is -0.507 e. The number of phenols is 1. The minimum absolute atomic E-state index is 0.0537. The monoisotopic (exact) mass is 489 g/mol. The maximum Gasteiger partial charge on any atom is 0.275 e. The maximum atomic E-state index is 12.3. The van der Waals surface area contributed by atoms with Crippen LogP contribution in [0.3, 0.4) is 0 Å². The Morgan fingerprint density at radius 3 is 2.69 bits per heavy atom. The number of nitrogens with one attached hydrogen (secondary N) is 1. The summed E-state index contributed by atoms with van der Waals surface area (Å²) < 4.78 is 1.92. The molecule has 0 bridgehead atoms. The topological polar surface area (TPSA) is 148 Å². The van der Waals surface area contributed by atoms with Gasteiger partial charge in [-0.25, -0.2) is 5.43 Å². The van der Waals surface area contributed by atoms with Gasteiger partial charge in [-0.15, -0.1) is 10.2 Å². The predicted molar refractivity (Wildman–Crippen MR) is 129 cm³/mol. The van der Waals surface area contributed by atoms with Gasteiger partial charge in [-0.2, -0.15) is 5.10 Å². The molecular formula is C23H19N7O4S. The Balaban J connectivity index is 1.62. The number of nitro groups is 1. The first-order chi connectivity index (χ1) is 17.0. The van der Waals surface area contributed by atoms with Gasteiger partial charge >= 0.3 is 0 Å². The second-order valence-electron chi connectivity index (χ2n) is 7.08. The van der Waals surface area contributed by atoms with Gasteiger partial charge in [0.2, 0.25) is 0 Å². The number of hydrogen-bond donors (Lipinski definition) is 2. The van der Waals surface area contributed by atoms with E-state index < -0.39 is 10.8 Å².